The molecule has 0 saturated heterocycles. The van der Waals surface area contributed by atoms with E-state index < -0.39 is 41.7 Å². The SMILES string of the molecule is CC.CC.CC.CC.CC.CC(C)(C(F)(F)F)C(F)(F)F.CC(C)(C(F)(F)F)C(F)(F)F.CC(F)(F)F.CCC.CCC.CN.CN.CN.CN.CN.CN.CN.CN.[CH3-].[Y].c1ccc(-c2ccccc2)cc1.c1ccccc1.c1ccccc1.c1ccccc1.c1ccccc1.c1ccccc1.c1ccccc1.c1ccccc1. The van der Waals surface area contributed by atoms with Crippen molar-refractivity contribution in [3.05, 3.63) is 323 Å². The van der Waals surface area contributed by atoms with Crippen LogP contribution < -0.4 is 45.9 Å². The van der Waals surface area contributed by atoms with Gasteiger partial charge in [0, 0.05) is 39.6 Å². The van der Waals surface area contributed by atoms with Crippen molar-refractivity contribution in [2.24, 2.45) is 56.7 Å². The molecule has 0 bridgehead atoms. The fourth-order valence-electron chi connectivity index (χ4n) is 4.28. The second-order valence-corrected chi connectivity index (χ2v) is 18.3. The Morgan fingerprint density at radius 3 is 0.278 bits per heavy atom. The summed E-state index contributed by atoms with van der Waals surface area (Å²) in [5, 5.41) is 0. The Balaban J connectivity index is -0.0000000503. The fourth-order valence-corrected chi connectivity index (χ4v) is 4.28. The van der Waals surface area contributed by atoms with Crippen LogP contribution in [0.25, 0.3) is 11.1 Å². The standard InChI is InChI=1S/C12H10.7C6H6.2C5H6F6.2C3H8.C2H3F3.5C2H6.8CH5N.CH3.Y/c1-3-7-11(8-4-1)12-9-5-2-6-10-12;7*1-2-4-6-5-3-1;2*1-3(2,4(6,7)8)5(9,10)11;2*1-3-2;1-2(3,4)5;13*1-2;;/h1-10H;7*1-6H;2*1-2H3;2*3H2,1-2H3;1H3;5*1-2H3;8*2H2,1H3;1H3;/q;;;;;;;;;;;;;;;;;;;;;;;;;;-1;. The number of alkyl halides is 15. The Labute approximate surface area is 716 Å². The summed E-state index contributed by atoms with van der Waals surface area (Å²) < 4.78 is 170. The Morgan fingerprint density at radius 2 is 0.235 bits per heavy atom. The van der Waals surface area contributed by atoms with Crippen molar-refractivity contribution in [3.8, 4) is 11.1 Å². The number of hydrogen-bond acceptors (Lipinski definition) is 8. The molecule has 0 fully saturated rings. The normalized spacial score (nSPS) is 8.37. The molecule has 9 aromatic rings. The average molecular weight is 1740 g/mol. The third-order valence-corrected chi connectivity index (χ3v) is 9.38. The molecule has 9 aromatic carbocycles. The minimum atomic E-state index is -5.24. The first kappa shape index (κ1) is 156. The Morgan fingerprint density at radius 1 is 0.183 bits per heavy atom. The molecule has 0 saturated carbocycles. The number of nitrogens with two attached hydrogens (primary N) is 8. The number of benzene rings is 9. The minimum absolute atomic E-state index is 0. The monoisotopic (exact) mass is 1740 g/mol. The molecular formula is C91H156F15N8Y-. The van der Waals surface area contributed by atoms with Gasteiger partial charge in [-0.1, -0.05) is 425 Å². The van der Waals surface area contributed by atoms with Gasteiger partial charge >= 0.3 is 30.9 Å². The average Bonchev–Trinajstić information content (AvgIpc) is 0.800. The molecule has 9 rings (SSSR count). The first-order chi connectivity index (χ1) is 53.8. The molecule has 1 radical (unpaired) electrons. The van der Waals surface area contributed by atoms with E-state index in [1.165, 1.54) is 80.3 Å². The van der Waals surface area contributed by atoms with E-state index in [1.807, 2.05) is 336 Å². The second kappa shape index (κ2) is 133. The summed E-state index contributed by atoms with van der Waals surface area (Å²) in [7, 11) is 12.0. The first-order valence-corrected chi connectivity index (χ1v) is 36.9. The molecule has 0 heterocycles. The molecule has 669 valence electrons. The van der Waals surface area contributed by atoms with Crippen LogP contribution in [-0.2, 0) is 32.7 Å². The van der Waals surface area contributed by atoms with Crippen molar-refractivity contribution >= 4 is 0 Å². The molecule has 8 nitrogen and oxygen atoms in total. The molecule has 0 spiro atoms. The molecule has 0 aliphatic heterocycles. The number of rotatable bonds is 1. The van der Waals surface area contributed by atoms with Crippen molar-refractivity contribution in [1.29, 1.82) is 0 Å². The van der Waals surface area contributed by atoms with Crippen LogP contribution in [0.3, 0.4) is 0 Å². The third-order valence-electron chi connectivity index (χ3n) is 9.38. The largest absolute Gasteiger partial charge is 0.402 e. The van der Waals surface area contributed by atoms with Gasteiger partial charge in [-0.25, -0.2) is 0 Å². The molecule has 24 heteroatoms. The third kappa shape index (κ3) is 142. The van der Waals surface area contributed by atoms with E-state index in [1.54, 1.807) is 0 Å². The van der Waals surface area contributed by atoms with Crippen LogP contribution >= 0.6 is 0 Å². The molecule has 0 aliphatic carbocycles. The Hall–Kier alpha value is -7.29. The Bertz CT molecular complexity index is 2110. The Kier molecular flexibility index (Phi) is 180. The van der Waals surface area contributed by atoms with E-state index in [4.69, 9.17) is 0 Å². The van der Waals surface area contributed by atoms with Gasteiger partial charge in [0.2, 0.25) is 0 Å². The van der Waals surface area contributed by atoms with E-state index in [0.29, 0.717) is 0 Å². The molecule has 115 heavy (non-hydrogen) atoms. The van der Waals surface area contributed by atoms with Gasteiger partial charge in [-0.15, -0.1) is 0 Å². The van der Waals surface area contributed by atoms with Crippen molar-refractivity contribution in [2.75, 3.05) is 56.4 Å². The zero-order valence-corrected chi connectivity index (χ0v) is 77.6. The quantitative estimate of drug-likeness (QED) is 0.0584. The summed E-state index contributed by atoms with van der Waals surface area (Å²) in [5.41, 5.74) is 31.3. The fraction of sp³-hybridized carbons (Fsp3) is 0.396. The van der Waals surface area contributed by atoms with Crippen LogP contribution in [0.5, 0.6) is 0 Å². The van der Waals surface area contributed by atoms with Gasteiger partial charge in [0.25, 0.3) is 0 Å². The number of hydrogen-bond donors (Lipinski definition) is 8. The van der Waals surface area contributed by atoms with Gasteiger partial charge in [0.15, 0.2) is 10.8 Å². The summed E-state index contributed by atoms with van der Waals surface area (Å²) in [5.74, 6) is 0. The van der Waals surface area contributed by atoms with Gasteiger partial charge in [-0.05, 0) is 95.2 Å². The predicted octanol–water partition coefficient (Wildman–Crippen LogP) is 28.0. The molecule has 0 amide bonds. The summed E-state index contributed by atoms with van der Waals surface area (Å²) in [6.07, 6.45) is -22.5. The van der Waals surface area contributed by atoms with E-state index in [-0.39, 0.29) is 74.8 Å². The van der Waals surface area contributed by atoms with Gasteiger partial charge in [0.05, 0.1) is 0 Å². The molecule has 16 N–H and O–H groups in total. The summed E-state index contributed by atoms with van der Waals surface area (Å²) >= 11 is 0. The van der Waals surface area contributed by atoms with Crippen LogP contribution in [0.4, 0.5) is 65.9 Å². The smallest absolute Gasteiger partial charge is 0.358 e. The van der Waals surface area contributed by atoms with Gasteiger partial charge in [0.1, 0.15) is 0 Å². The summed E-state index contributed by atoms with van der Waals surface area (Å²) in [4.78, 5) is 0. The first-order valence-electron chi connectivity index (χ1n) is 36.9. The zero-order chi connectivity index (χ0) is 92.8. The van der Waals surface area contributed by atoms with Crippen molar-refractivity contribution < 1.29 is 98.6 Å². The summed E-state index contributed by atoms with van der Waals surface area (Å²) in [6.45, 7) is 29.1. The molecule has 0 atom stereocenters. The molecule has 0 aliphatic rings. The molecular weight excluding hydrogens is 1580 g/mol. The van der Waals surface area contributed by atoms with E-state index in [0.717, 1.165) is 0 Å². The van der Waals surface area contributed by atoms with Crippen LogP contribution in [0.2, 0.25) is 0 Å². The maximum atomic E-state index is 11.6. The van der Waals surface area contributed by atoms with Gasteiger partial charge in [-0.2, -0.15) is 65.9 Å². The van der Waals surface area contributed by atoms with Crippen molar-refractivity contribution in [2.45, 2.75) is 175 Å². The topological polar surface area (TPSA) is 208 Å². The zero-order valence-electron chi connectivity index (χ0n) is 74.8. The minimum Gasteiger partial charge on any atom is -0.358 e. The van der Waals surface area contributed by atoms with Crippen LogP contribution in [0, 0.1) is 18.3 Å². The van der Waals surface area contributed by atoms with Crippen molar-refractivity contribution in [1.82, 2.24) is 0 Å². The number of halogens is 15. The van der Waals surface area contributed by atoms with E-state index >= 15 is 0 Å². The second-order valence-electron chi connectivity index (χ2n) is 18.3. The maximum Gasteiger partial charge on any atom is 0.402 e. The van der Waals surface area contributed by atoms with Crippen LogP contribution in [0.15, 0.2) is 315 Å². The van der Waals surface area contributed by atoms with Crippen LogP contribution in [-0.4, -0.2) is 87.3 Å². The van der Waals surface area contributed by atoms with E-state index in [9.17, 15) is 65.9 Å². The molecule has 0 unspecified atom stereocenters. The van der Waals surface area contributed by atoms with Gasteiger partial charge < -0.3 is 53.3 Å². The van der Waals surface area contributed by atoms with E-state index in [2.05, 4.69) is 122 Å². The summed E-state index contributed by atoms with van der Waals surface area (Å²) in [6, 6.07) is 105. The molecule has 0 aromatic heterocycles. The van der Waals surface area contributed by atoms with Crippen molar-refractivity contribution in [3.63, 3.8) is 0 Å². The maximum absolute atomic E-state index is 11.6. The van der Waals surface area contributed by atoms with Gasteiger partial charge in [-0.3, -0.25) is 0 Å². The predicted molar refractivity (Wildman–Crippen MR) is 476 cm³/mol. The van der Waals surface area contributed by atoms with Crippen LogP contribution in [0.1, 0.15) is 144 Å².